The summed E-state index contributed by atoms with van der Waals surface area (Å²) in [6.07, 6.45) is 0. The molecule has 2 nitrogen and oxygen atoms in total. The minimum Gasteiger partial charge on any atom is -0.455 e. The summed E-state index contributed by atoms with van der Waals surface area (Å²) in [5, 5.41) is 20.0. The predicted octanol–water partition coefficient (Wildman–Crippen LogP) is 17.9. The second-order valence-electron chi connectivity index (χ2n) is 17.2. The molecule has 1 aromatic heterocycles. The lowest BCUT2D eigenvalue weighted by Gasteiger charge is -2.27. The van der Waals surface area contributed by atoms with E-state index >= 15 is 0 Å². The maximum atomic E-state index is 6.51. The van der Waals surface area contributed by atoms with Crippen LogP contribution < -0.4 is 4.90 Å². The van der Waals surface area contributed by atoms with Gasteiger partial charge in [0.15, 0.2) is 0 Å². The number of nitrogens with zero attached hydrogens (tertiary/aromatic N) is 1. The Morgan fingerprint density at radius 3 is 1.39 bits per heavy atom. The average Bonchev–Trinajstić information content (AvgIpc) is 3.74. The molecule has 2 heteroatoms. The van der Waals surface area contributed by atoms with Crippen molar-refractivity contribution in [2.24, 2.45) is 0 Å². The highest BCUT2D eigenvalue weighted by Crippen LogP contribution is 2.47. The van der Waals surface area contributed by atoms with Crippen LogP contribution in [0.1, 0.15) is 0 Å². The van der Waals surface area contributed by atoms with Crippen LogP contribution in [0.2, 0.25) is 0 Å². The first-order chi connectivity index (χ1) is 31.7. The summed E-state index contributed by atoms with van der Waals surface area (Å²) in [7, 11) is 0. The number of anilines is 3. The second-order valence-corrected chi connectivity index (χ2v) is 17.2. The molecular weight excluding hydrogens is 775 g/mol. The number of furan rings is 1. The van der Waals surface area contributed by atoms with E-state index in [-0.39, 0.29) is 0 Å². The Kier molecular flexibility index (Phi) is 7.43. The summed E-state index contributed by atoms with van der Waals surface area (Å²) in [5.41, 5.74) is 9.68. The summed E-state index contributed by atoms with van der Waals surface area (Å²) >= 11 is 0. The Labute approximate surface area is 368 Å². The van der Waals surface area contributed by atoms with Crippen molar-refractivity contribution in [1.29, 1.82) is 0 Å². The van der Waals surface area contributed by atoms with Crippen molar-refractivity contribution in [3.63, 3.8) is 0 Å². The van der Waals surface area contributed by atoms with Gasteiger partial charge in [-0.3, -0.25) is 0 Å². The lowest BCUT2D eigenvalue weighted by Crippen LogP contribution is -2.10. The Morgan fingerprint density at radius 2 is 0.719 bits per heavy atom. The van der Waals surface area contributed by atoms with Crippen LogP contribution in [0.4, 0.5) is 17.1 Å². The molecule has 14 rings (SSSR count). The molecule has 0 fully saturated rings. The summed E-state index contributed by atoms with van der Waals surface area (Å²) in [5.74, 6) is 0. The fourth-order valence-corrected chi connectivity index (χ4v) is 10.9. The van der Waals surface area contributed by atoms with Gasteiger partial charge in [-0.05, 0) is 135 Å². The molecule has 0 bridgehead atoms. The molecule has 0 radical (unpaired) electrons. The maximum Gasteiger partial charge on any atom is 0.143 e. The van der Waals surface area contributed by atoms with E-state index in [1.54, 1.807) is 0 Å². The molecule has 296 valence electrons. The normalized spacial score (nSPS) is 12.1. The number of benzene rings is 12. The van der Waals surface area contributed by atoms with Crippen molar-refractivity contribution in [3.8, 4) is 22.3 Å². The van der Waals surface area contributed by atoms with E-state index in [2.05, 4.69) is 223 Å². The van der Waals surface area contributed by atoms with Crippen LogP contribution in [-0.2, 0) is 0 Å². The van der Waals surface area contributed by atoms with Gasteiger partial charge >= 0.3 is 0 Å². The van der Waals surface area contributed by atoms with Gasteiger partial charge in [0.05, 0.1) is 0 Å². The van der Waals surface area contributed by atoms with Crippen LogP contribution in [0, 0.1) is 0 Å². The smallest absolute Gasteiger partial charge is 0.143 e. The van der Waals surface area contributed by atoms with Gasteiger partial charge in [0.25, 0.3) is 0 Å². The van der Waals surface area contributed by atoms with Crippen molar-refractivity contribution in [3.05, 3.63) is 224 Å². The standard InChI is InChI=1S/C62H37NO/c1-2-15-48-38(10-1)11-5-17-49(48)39-28-32-45(33-29-39)63(46-34-30-40(31-35-46)50-18-9-22-55-51-16-3-4-23-57(51)64-62(50)55)47-36-44-27-26-43-13-7-20-53-52-19-6-12-41-24-25-42-14-8-21-54(60(42)58(41)52)56(37-47)61(44)59(43)53/h1-37H. The molecule has 0 amide bonds. The molecular formula is C62H37NO. The molecule has 0 aliphatic heterocycles. The average molecular weight is 812 g/mol. The first kappa shape index (κ1) is 35.2. The van der Waals surface area contributed by atoms with Crippen molar-refractivity contribution >= 4 is 114 Å². The zero-order chi connectivity index (χ0) is 41.9. The van der Waals surface area contributed by atoms with Gasteiger partial charge in [-0.15, -0.1) is 0 Å². The van der Waals surface area contributed by atoms with Crippen LogP contribution >= 0.6 is 0 Å². The Balaban J connectivity index is 1.03. The van der Waals surface area contributed by atoms with Gasteiger partial charge in [-0.1, -0.05) is 182 Å². The molecule has 0 N–H and O–H groups in total. The Morgan fingerprint density at radius 1 is 0.266 bits per heavy atom. The van der Waals surface area contributed by atoms with Crippen LogP contribution in [0.5, 0.6) is 0 Å². The summed E-state index contributed by atoms with van der Waals surface area (Å²) in [6, 6.07) is 82.6. The summed E-state index contributed by atoms with van der Waals surface area (Å²) in [6.45, 7) is 0. The molecule has 0 unspecified atom stereocenters. The van der Waals surface area contributed by atoms with Crippen molar-refractivity contribution in [1.82, 2.24) is 0 Å². The van der Waals surface area contributed by atoms with E-state index in [1.807, 2.05) is 6.07 Å². The molecule has 14 aromatic rings. The van der Waals surface area contributed by atoms with Gasteiger partial charge in [0.2, 0.25) is 0 Å². The zero-order valence-electron chi connectivity index (χ0n) is 34.7. The predicted molar refractivity (Wildman–Crippen MR) is 273 cm³/mol. The molecule has 0 saturated heterocycles. The molecule has 64 heavy (non-hydrogen) atoms. The Bertz CT molecular complexity index is 4170. The number of para-hydroxylation sites is 2. The lowest BCUT2D eigenvalue weighted by molar-refractivity contribution is 0.670. The molecule has 0 aliphatic rings. The van der Waals surface area contributed by atoms with Gasteiger partial charge in [-0.25, -0.2) is 0 Å². The van der Waals surface area contributed by atoms with Crippen LogP contribution in [0.25, 0.3) is 120 Å². The summed E-state index contributed by atoms with van der Waals surface area (Å²) < 4.78 is 6.51. The zero-order valence-corrected chi connectivity index (χ0v) is 34.7. The molecule has 0 aliphatic carbocycles. The fraction of sp³-hybridized carbons (Fsp3) is 0. The van der Waals surface area contributed by atoms with Crippen molar-refractivity contribution < 1.29 is 4.42 Å². The molecule has 0 spiro atoms. The topological polar surface area (TPSA) is 16.4 Å². The number of fused-ring (bicyclic) bond motifs is 6. The van der Waals surface area contributed by atoms with E-state index in [0.29, 0.717) is 0 Å². The fourth-order valence-electron chi connectivity index (χ4n) is 10.9. The minimum absolute atomic E-state index is 0.904. The van der Waals surface area contributed by atoms with E-state index in [4.69, 9.17) is 4.42 Å². The SMILES string of the molecule is c1ccc2c(-c3ccc(N(c4ccc(-c5cccc6c5oc5ccccc56)cc4)c4cc5ccc6cccc7c8cccc9ccc%10cccc(c(c4)c5c67)c%10c98)cc3)cccc2c1. The largest absolute Gasteiger partial charge is 0.455 e. The lowest BCUT2D eigenvalue weighted by atomic mass is 9.87. The van der Waals surface area contributed by atoms with Gasteiger partial charge in [0.1, 0.15) is 11.2 Å². The van der Waals surface area contributed by atoms with Gasteiger partial charge < -0.3 is 9.32 Å². The van der Waals surface area contributed by atoms with Crippen LogP contribution in [-0.4, -0.2) is 0 Å². The van der Waals surface area contributed by atoms with Crippen LogP contribution in [0.15, 0.2) is 229 Å². The van der Waals surface area contributed by atoms with Crippen LogP contribution in [0.3, 0.4) is 0 Å². The highest BCUT2D eigenvalue weighted by Gasteiger charge is 2.20. The number of rotatable bonds is 5. The summed E-state index contributed by atoms with van der Waals surface area (Å²) in [4.78, 5) is 2.43. The molecule has 0 atom stereocenters. The molecule has 13 aromatic carbocycles. The Hall–Kier alpha value is -8.46. The minimum atomic E-state index is 0.904. The van der Waals surface area contributed by atoms with E-state index in [1.165, 1.54) is 86.5 Å². The van der Waals surface area contributed by atoms with Gasteiger partial charge in [0, 0.05) is 33.4 Å². The first-order valence-corrected chi connectivity index (χ1v) is 22.1. The maximum absolute atomic E-state index is 6.51. The number of hydrogen-bond acceptors (Lipinski definition) is 2. The first-order valence-electron chi connectivity index (χ1n) is 22.1. The third kappa shape index (κ3) is 5.14. The van der Waals surface area contributed by atoms with E-state index in [9.17, 15) is 0 Å². The van der Waals surface area contributed by atoms with Crippen molar-refractivity contribution in [2.75, 3.05) is 4.90 Å². The quantitative estimate of drug-likeness (QED) is 0.161. The van der Waals surface area contributed by atoms with Gasteiger partial charge in [-0.2, -0.15) is 0 Å². The molecule has 0 saturated carbocycles. The van der Waals surface area contributed by atoms with E-state index < -0.39 is 0 Å². The van der Waals surface area contributed by atoms with E-state index in [0.717, 1.165) is 50.1 Å². The highest BCUT2D eigenvalue weighted by molar-refractivity contribution is 6.37. The second kappa shape index (κ2) is 13.5. The monoisotopic (exact) mass is 811 g/mol. The highest BCUT2D eigenvalue weighted by atomic mass is 16.3. The van der Waals surface area contributed by atoms with Crippen molar-refractivity contribution in [2.45, 2.75) is 0 Å². The molecule has 1 heterocycles. The number of hydrogen-bond donors (Lipinski definition) is 0. The third-order valence-electron chi connectivity index (χ3n) is 13.7. The third-order valence-corrected chi connectivity index (χ3v) is 13.7.